The molecule has 1 amide bonds. The fourth-order valence-electron chi connectivity index (χ4n) is 3.16. The molecule has 0 unspecified atom stereocenters. The van der Waals surface area contributed by atoms with E-state index in [1.54, 1.807) is 6.07 Å². The number of benzene rings is 2. The van der Waals surface area contributed by atoms with Crippen molar-refractivity contribution in [2.45, 2.75) is 26.3 Å². The number of aliphatic hydroxyl groups excluding tert-OH is 1. The summed E-state index contributed by atoms with van der Waals surface area (Å²) < 4.78 is 13.5. The number of fused-ring (bicyclic) bond motifs is 1. The summed E-state index contributed by atoms with van der Waals surface area (Å²) in [5, 5.41) is 10.1. The van der Waals surface area contributed by atoms with E-state index in [1.165, 1.54) is 29.2 Å². The van der Waals surface area contributed by atoms with Gasteiger partial charge >= 0.3 is 0 Å². The number of aliphatic hydroxyl groups is 1. The van der Waals surface area contributed by atoms with Crippen molar-refractivity contribution in [3.8, 4) is 0 Å². The first-order chi connectivity index (χ1) is 13.5. The summed E-state index contributed by atoms with van der Waals surface area (Å²) in [5.41, 5.74) is 2.28. The molecular formula is C22H23FN2O3. The van der Waals surface area contributed by atoms with Crippen LogP contribution in [0.2, 0.25) is 0 Å². The summed E-state index contributed by atoms with van der Waals surface area (Å²) in [7, 11) is 0. The molecule has 6 heteroatoms. The third-order valence-electron chi connectivity index (χ3n) is 4.70. The average molecular weight is 382 g/mol. The molecule has 1 aromatic heterocycles. The largest absolute Gasteiger partial charge is 0.396 e. The van der Waals surface area contributed by atoms with Crippen LogP contribution in [0.3, 0.4) is 0 Å². The number of pyridine rings is 1. The molecule has 2 N–H and O–H groups in total. The maximum atomic E-state index is 13.5. The minimum Gasteiger partial charge on any atom is -0.396 e. The maximum absolute atomic E-state index is 13.5. The van der Waals surface area contributed by atoms with Crippen LogP contribution in [0.15, 0.2) is 53.3 Å². The number of amides is 1. The summed E-state index contributed by atoms with van der Waals surface area (Å²) >= 11 is 0. The van der Waals surface area contributed by atoms with E-state index < -0.39 is 5.82 Å². The monoisotopic (exact) mass is 382 g/mol. The van der Waals surface area contributed by atoms with E-state index in [0.29, 0.717) is 12.0 Å². The molecule has 3 rings (SSSR count). The number of rotatable bonds is 7. The first-order valence-corrected chi connectivity index (χ1v) is 9.32. The number of aryl methyl sites for hydroxylation is 1. The lowest BCUT2D eigenvalue weighted by Gasteiger charge is -2.22. The zero-order valence-corrected chi connectivity index (χ0v) is 15.7. The molecule has 0 radical (unpaired) electrons. The smallest absolute Gasteiger partial charge is 0.254 e. The van der Waals surface area contributed by atoms with Gasteiger partial charge in [-0.05, 0) is 60.2 Å². The minimum atomic E-state index is -0.497. The highest BCUT2D eigenvalue weighted by molar-refractivity contribution is 5.94. The highest BCUT2D eigenvalue weighted by Gasteiger charge is 2.18. The lowest BCUT2D eigenvalue weighted by atomic mass is 10.1. The first kappa shape index (κ1) is 19.8. The standard InChI is InChI=1S/C22H23FN2O3/c1-2-15-7-8-20-17(11-15)12-18(21(27)24-20)14-25(9-4-10-26)22(28)16-5-3-6-19(23)13-16/h3,5-8,11-13,26H,2,4,9-10,14H2,1H3,(H,24,27). The van der Waals surface area contributed by atoms with E-state index in [0.717, 1.165) is 22.9 Å². The Balaban J connectivity index is 1.94. The van der Waals surface area contributed by atoms with Gasteiger partial charge in [0.05, 0.1) is 6.54 Å². The second kappa shape index (κ2) is 8.80. The van der Waals surface area contributed by atoms with E-state index in [9.17, 15) is 14.0 Å². The van der Waals surface area contributed by atoms with Gasteiger partial charge in [0.1, 0.15) is 5.82 Å². The van der Waals surface area contributed by atoms with E-state index in [4.69, 9.17) is 5.11 Å². The molecule has 1 heterocycles. The molecule has 0 atom stereocenters. The first-order valence-electron chi connectivity index (χ1n) is 9.32. The summed E-state index contributed by atoms with van der Waals surface area (Å²) in [5.74, 6) is -0.877. The van der Waals surface area contributed by atoms with E-state index >= 15 is 0 Å². The predicted molar refractivity (Wildman–Crippen MR) is 107 cm³/mol. The van der Waals surface area contributed by atoms with Crippen molar-refractivity contribution in [3.05, 3.63) is 81.4 Å². The zero-order valence-electron chi connectivity index (χ0n) is 15.7. The Morgan fingerprint density at radius 3 is 2.71 bits per heavy atom. The molecule has 0 aliphatic carbocycles. The van der Waals surface area contributed by atoms with Gasteiger partial charge in [0.25, 0.3) is 11.5 Å². The van der Waals surface area contributed by atoms with Crippen molar-refractivity contribution in [2.75, 3.05) is 13.2 Å². The second-order valence-corrected chi connectivity index (χ2v) is 6.71. The van der Waals surface area contributed by atoms with Crippen LogP contribution >= 0.6 is 0 Å². The molecule has 5 nitrogen and oxygen atoms in total. The molecule has 0 spiro atoms. The molecule has 0 aliphatic rings. The van der Waals surface area contributed by atoms with E-state index in [-0.39, 0.29) is 36.7 Å². The van der Waals surface area contributed by atoms with Gasteiger partial charge in [0.2, 0.25) is 0 Å². The molecule has 28 heavy (non-hydrogen) atoms. The highest BCUT2D eigenvalue weighted by atomic mass is 19.1. The maximum Gasteiger partial charge on any atom is 0.254 e. The Bertz CT molecular complexity index is 1050. The molecule has 0 saturated heterocycles. The number of hydrogen-bond donors (Lipinski definition) is 2. The van der Waals surface area contributed by atoms with Gasteiger partial charge in [-0.25, -0.2) is 4.39 Å². The number of hydrogen-bond acceptors (Lipinski definition) is 3. The van der Waals surface area contributed by atoms with Crippen LogP contribution in [-0.2, 0) is 13.0 Å². The van der Waals surface area contributed by atoms with Crippen LogP contribution in [-0.4, -0.2) is 34.0 Å². The molecule has 0 fully saturated rings. The molecule has 0 aliphatic heterocycles. The van der Waals surface area contributed by atoms with Crippen LogP contribution in [0.5, 0.6) is 0 Å². The van der Waals surface area contributed by atoms with Gasteiger partial charge in [-0.3, -0.25) is 9.59 Å². The second-order valence-electron chi connectivity index (χ2n) is 6.71. The van der Waals surface area contributed by atoms with Gasteiger partial charge < -0.3 is 15.0 Å². The number of carbonyl (C=O) groups excluding carboxylic acids is 1. The summed E-state index contributed by atoms with van der Waals surface area (Å²) in [6, 6.07) is 13.1. The molecule has 2 aromatic carbocycles. The van der Waals surface area contributed by atoms with Crippen molar-refractivity contribution in [1.29, 1.82) is 0 Å². The summed E-state index contributed by atoms with van der Waals surface area (Å²) in [4.78, 5) is 29.7. The highest BCUT2D eigenvalue weighted by Crippen LogP contribution is 2.16. The van der Waals surface area contributed by atoms with Crippen molar-refractivity contribution in [3.63, 3.8) is 0 Å². The Kier molecular flexibility index (Phi) is 6.21. The van der Waals surface area contributed by atoms with Gasteiger partial charge in [0.15, 0.2) is 0 Å². The van der Waals surface area contributed by atoms with Crippen LogP contribution in [0.1, 0.15) is 34.8 Å². The van der Waals surface area contributed by atoms with E-state index in [1.807, 2.05) is 18.2 Å². The lowest BCUT2D eigenvalue weighted by molar-refractivity contribution is 0.0731. The van der Waals surface area contributed by atoms with Crippen molar-refractivity contribution in [2.24, 2.45) is 0 Å². The fourth-order valence-corrected chi connectivity index (χ4v) is 3.16. The van der Waals surface area contributed by atoms with Gasteiger partial charge in [-0.15, -0.1) is 0 Å². The quantitative estimate of drug-likeness (QED) is 0.659. The average Bonchev–Trinajstić information content (AvgIpc) is 2.70. The number of aromatic amines is 1. The normalized spacial score (nSPS) is 11.0. The fraction of sp³-hybridized carbons (Fsp3) is 0.273. The third kappa shape index (κ3) is 4.46. The summed E-state index contributed by atoms with van der Waals surface area (Å²) in [6.45, 7) is 2.32. The van der Waals surface area contributed by atoms with E-state index in [2.05, 4.69) is 11.9 Å². The van der Waals surface area contributed by atoms with Crippen molar-refractivity contribution < 1.29 is 14.3 Å². The predicted octanol–water partition coefficient (Wildman–Crippen LogP) is 3.25. The SMILES string of the molecule is CCc1ccc2[nH]c(=O)c(CN(CCCO)C(=O)c3cccc(F)c3)cc2c1. The van der Waals surface area contributed by atoms with Gasteiger partial charge in [-0.2, -0.15) is 0 Å². The van der Waals surface area contributed by atoms with Crippen LogP contribution in [0.4, 0.5) is 4.39 Å². The topological polar surface area (TPSA) is 73.4 Å². The Morgan fingerprint density at radius 2 is 2.00 bits per heavy atom. The van der Waals surface area contributed by atoms with Gasteiger partial charge in [-0.1, -0.05) is 19.1 Å². The van der Waals surface area contributed by atoms with Gasteiger partial charge in [0, 0.05) is 29.8 Å². The Hall–Kier alpha value is -2.99. The number of nitrogens with zero attached hydrogens (tertiary/aromatic N) is 1. The van der Waals surface area contributed by atoms with Crippen LogP contribution in [0, 0.1) is 5.82 Å². The minimum absolute atomic E-state index is 0.0803. The number of halogens is 1. The molecular weight excluding hydrogens is 359 g/mol. The number of nitrogens with one attached hydrogen (secondary N) is 1. The van der Waals surface area contributed by atoms with Crippen LogP contribution < -0.4 is 5.56 Å². The Labute approximate surface area is 162 Å². The third-order valence-corrected chi connectivity index (χ3v) is 4.70. The summed E-state index contributed by atoms with van der Waals surface area (Å²) in [6.07, 6.45) is 1.25. The lowest BCUT2D eigenvalue weighted by Crippen LogP contribution is -2.34. The zero-order chi connectivity index (χ0) is 20.1. The number of carbonyl (C=O) groups is 1. The van der Waals surface area contributed by atoms with Crippen molar-refractivity contribution >= 4 is 16.8 Å². The molecule has 0 bridgehead atoms. The number of H-pyrrole nitrogens is 1. The molecule has 0 saturated carbocycles. The number of aromatic nitrogens is 1. The molecule has 3 aromatic rings. The van der Waals surface area contributed by atoms with Crippen molar-refractivity contribution in [1.82, 2.24) is 9.88 Å². The van der Waals surface area contributed by atoms with Crippen LogP contribution in [0.25, 0.3) is 10.9 Å². The Morgan fingerprint density at radius 1 is 1.18 bits per heavy atom. The molecule has 146 valence electrons.